The van der Waals surface area contributed by atoms with Crippen molar-refractivity contribution in [2.24, 2.45) is 0 Å². The fraction of sp³-hybridized carbons (Fsp3) is 0.538. The lowest BCUT2D eigenvalue weighted by molar-refractivity contribution is -0.392. The van der Waals surface area contributed by atoms with Crippen molar-refractivity contribution in [2.75, 3.05) is 18.6 Å². The molecule has 2 rings (SSSR count). The van der Waals surface area contributed by atoms with Gasteiger partial charge in [-0.2, -0.15) is 0 Å². The lowest BCUT2D eigenvalue weighted by Crippen LogP contribution is -2.38. The summed E-state index contributed by atoms with van der Waals surface area (Å²) in [5, 5.41) is 22.6. The minimum atomic E-state index is -0.591. The monoisotopic (exact) mass is 295 g/mol. The second-order valence-corrected chi connectivity index (χ2v) is 5.07. The topological polar surface area (TPSA) is 98.8 Å². The fourth-order valence-corrected chi connectivity index (χ4v) is 2.70. The van der Waals surface area contributed by atoms with Gasteiger partial charge >= 0.3 is 11.4 Å². The zero-order valence-corrected chi connectivity index (χ0v) is 11.9. The molecule has 0 spiro atoms. The van der Waals surface area contributed by atoms with E-state index in [2.05, 4.69) is 0 Å². The third kappa shape index (κ3) is 2.88. The van der Waals surface area contributed by atoms with E-state index in [1.54, 1.807) is 4.90 Å². The van der Waals surface area contributed by atoms with Crippen molar-refractivity contribution in [2.45, 2.75) is 32.2 Å². The van der Waals surface area contributed by atoms with E-state index in [-0.39, 0.29) is 28.9 Å². The van der Waals surface area contributed by atoms with Crippen LogP contribution in [0.1, 0.15) is 26.2 Å². The van der Waals surface area contributed by atoms with E-state index in [0.29, 0.717) is 6.54 Å². The Bertz CT molecular complexity index is 540. The van der Waals surface area contributed by atoms with Gasteiger partial charge in [0.2, 0.25) is 0 Å². The third-order valence-corrected chi connectivity index (χ3v) is 3.76. The molecule has 0 aromatic heterocycles. The Kier molecular flexibility index (Phi) is 4.25. The lowest BCUT2D eigenvalue weighted by atomic mass is 10.0. The molecule has 0 amide bonds. The molecule has 8 nitrogen and oxygen atoms in total. The maximum atomic E-state index is 11.3. The Morgan fingerprint density at radius 3 is 2.19 bits per heavy atom. The molecular formula is C13H17N3O5. The number of anilines is 1. The van der Waals surface area contributed by atoms with Crippen molar-refractivity contribution in [3.05, 3.63) is 32.4 Å². The van der Waals surface area contributed by atoms with Gasteiger partial charge in [-0.05, 0) is 26.2 Å². The third-order valence-electron chi connectivity index (χ3n) is 3.76. The van der Waals surface area contributed by atoms with Crippen LogP contribution in [0.3, 0.4) is 0 Å². The number of rotatable bonds is 4. The van der Waals surface area contributed by atoms with Crippen LogP contribution in [0.4, 0.5) is 17.1 Å². The van der Waals surface area contributed by atoms with Crippen LogP contribution in [0.5, 0.6) is 5.75 Å². The number of hydrogen-bond acceptors (Lipinski definition) is 6. The van der Waals surface area contributed by atoms with Gasteiger partial charge in [-0.1, -0.05) is 0 Å². The van der Waals surface area contributed by atoms with E-state index >= 15 is 0 Å². The van der Waals surface area contributed by atoms with Gasteiger partial charge in [0, 0.05) is 12.6 Å². The van der Waals surface area contributed by atoms with Crippen LogP contribution in [0, 0.1) is 20.2 Å². The van der Waals surface area contributed by atoms with Gasteiger partial charge in [-0.25, -0.2) is 0 Å². The van der Waals surface area contributed by atoms with Crippen LogP contribution in [0.25, 0.3) is 0 Å². The van der Waals surface area contributed by atoms with Crippen molar-refractivity contribution in [3.8, 4) is 5.75 Å². The van der Waals surface area contributed by atoms with Gasteiger partial charge < -0.3 is 9.64 Å². The second-order valence-electron chi connectivity index (χ2n) is 5.07. The molecule has 1 aromatic rings. The Labute approximate surface area is 121 Å². The summed E-state index contributed by atoms with van der Waals surface area (Å²) in [6.07, 6.45) is 2.75. The largest absolute Gasteiger partial charge is 0.496 e. The van der Waals surface area contributed by atoms with E-state index in [4.69, 9.17) is 4.74 Å². The number of nitro groups is 2. The Morgan fingerprint density at radius 2 is 1.76 bits per heavy atom. The summed E-state index contributed by atoms with van der Waals surface area (Å²) in [5.74, 6) is 0.113. The Hall–Kier alpha value is -2.38. The van der Waals surface area contributed by atoms with Crippen LogP contribution in [-0.4, -0.2) is 29.5 Å². The minimum Gasteiger partial charge on any atom is -0.496 e. The summed E-state index contributed by atoms with van der Waals surface area (Å²) in [6.45, 7) is 2.51. The maximum Gasteiger partial charge on any atom is 0.303 e. The second kappa shape index (κ2) is 5.94. The average Bonchev–Trinajstić information content (AvgIpc) is 2.46. The van der Waals surface area contributed by atoms with E-state index < -0.39 is 9.85 Å². The quantitative estimate of drug-likeness (QED) is 0.625. The molecule has 1 aromatic carbocycles. The number of nitro benzene ring substituents is 2. The summed E-state index contributed by atoms with van der Waals surface area (Å²) in [5.41, 5.74) is -0.484. The van der Waals surface area contributed by atoms with Crippen LogP contribution < -0.4 is 9.64 Å². The molecule has 0 N–H and O–H groups in total. The summed E-state index contributed by atoms with van der Waals surface area (Å²) in [4.78, 5) is 23.2. The highest BCUT2D eigenvalue weighted by molar-refractivity contribution is 5.77. The molecule has 1 aliphatic rings. The predicted molar refractivity (Wildman–Crippen MR) is 77.0 cm³/mol. The number of methoxy groups -OCH3 is 1. The molecule has 21 heavy (non-hydrogen) atoms. The minimum absolute atomic E-state index is 0.0320. The van der Waals surface area contributed by atoms with Gasteiger partial charge in [0.25, 0.3) is 0 Å². The molecule has 0 aliphatic carbocycles. The van der Waals surface area contributed by atoms with Gasteiger partial charge in [0.05, 0.1) is 29.1 Å². The number of benzene rings is 1. The molecular weight excluding hydrogens is 278 g/mol. The van der Waals surface area contributed by atoms with Gasteiger partial charge in [0.15, 0.2) is 5.69 Å². The molecule has 0 unspecified atom stereocenters. The molecule has 0 saturated carbocycles. The van der Waals surface area contributed by atoms with Crippen LogP contribution >= 0.6 is 0 Å². The van der Waals surface area contributed by atoms with Crippen LogP contribution in [0.2, 0.25) is 0 Å². The zero-order chi connectivity index (χ0) is 15.6. The van der Waals surface area contributed by atoms with Crippen LogP contribution in [-0.2, 0) is 0 Å². The molecule has 1 saturated heterocycles. The Balaban J connectivity index is 2.65. The Morgan fingerprint density at radius 1 is 1.19 bits per heavy atom. The van der Waals surface area contributed by atoms with Crippen molar-refractivity contribution in [1.82, 2.24) is 0 Å². The van der Waals surface area contributed by atoms with Gasteiger partial charge in [-0.15, -0.1) is 0 Å². The first-order chi connectivity index (χ1) is 9.95. The number of nitrogens with zero attached hydrogens (tertiary/aromatic N) is 3. The first kappa shape index (κ1) is 15.0. The molecule has 1 fully saturated rings. The molecule has 1 atom stereocenters. The summed E-state index contributed by atoms with van der Waals surface area (Å²) >= 11 is 0. The first-order valence-electron chi connectivity index (χ1n) is 6.73. The molecule has 0 radical (unpaired) electrons. The highest BCUT2D eigenvalue weighted by atomic mass is 16.6. The van der Waals surface area contributed by atoms with Crippen molar-refractivity contribution >= 4 is 17.1 Å². The van der Waals surface area contributed by atoms with Gasteiger partial charge in [-0.3, -0.25) is 20.2 Å². The number of piperidine rings is 1. The van der Waals surface area contributed by atoms with Crippen molar-refractivity contribution in [1.29, 1.82) is 0 Å². The lowest BCUT2D eigenvalue weighted by Gasteiger charge is -2.34. The zero-order valence-electron chi connectivity index (χ0n) is 11.9. The SMILES string of the molecule is COc1cc([N+](=O)[O-])c(N2CCCC[C@H]2C)c([N+](=O)[O-])c1. The summed E-state index contributed by atoms with van der Waals surface area (Å²) < 4.78 is 4.94. The van der Waals surface area contributed by atoms with E-state index in [1.807, 2.05) is 6.92 Å². The summed E-state index contributed by atoms with van der Waals surface area (Å²) in [7, 11) is 1.33. The number of ether oxygens (including phenoxy) is 1. The van der Waals surface area contributed by atoms with E-state index in [1.165, 1.54) is 19.2 Å². The number of hydrogen-bond donors (Lipinski definition) is 0. The van der Waals surface area contributed by atoms with Gasteiger partial charge in [0.1, 0.15) is 5.75 Å². The molecule has 1 heterocycles. The maximum absolute atomic E-state index is 11.3. The van der Waals surface area contributed by atoms with Crippen LogP contribution in [0.15, 0.2) is 12.1 Å². The normalized spacial score (nSPS) is 18.4. The highest BCUT2D eigenvalue weighted by Gasteiger charge is 2.34. The average molecular weight is 295 g/mol. The van der Waals surface area contributed by atoms with Crippen molar-refractivity contribution in [3.63, 3.8) is 0 Å². The predicted octanol–water partition coefficient (Wildman–Crippen LogP) is 2.89. The van der Waals surface area contributed by atoms with E-state index in [9.17, 15) is 20.2 Å². The highest BCUT2D eigenvalue weighted by Crippen LogP contribution is 2.43. The smallest absolute Gasteiger partial charge is 0.303 e. The molecule has 0 bridgehead atoms. The standard InChI is InChI=1S/C13H17N3O5/c1-9-5-3-4-6-14(9)13-11(15(17)18)7-10(21-2)8-12(13)16(19)20/h7-9H,3-6H2,1-2H3/t9-/m1/s1. The molecule has 1 aliphatic heterocycles. The molecule has 114 valence electrons. The van der Waals surface area contributed by atoms with Crippen molar-refractivity contribution < 1.29 is 14.6 Å². The summed E-state index contributed by atoms with van der Waals surface area (Å²) in [6, 6.07) is 2.51. The fourth-order valence-electron chi connectivity index (χ4n) is 2.70. The first-order valence-corrected chi connectivity index (χ1v) is 6.73. The van der Waals surface area contributed by atoms with E-state index in [0.717, 1.165) is 19.3 Å². The molecule has 8 heteroatoms.